The number of carboxylic acids is 1. The monoisotopic (exact) mass is 725 g/mol. The maximum absolute atomic E-state index is 14.7. The molecule has 5 N–H and O–H groups in total. The summed E-state index contributed by atoms with van der Waals surface area (Å²) in [4.78, 5) is 61.1. The third-order valence-corrected chi connectivity index (χ3v) is 11.1. The first kappa shape index (κ1) is 37.8. The molecule has 3 amide bonds. The molecular weight excluding hydrogens is 674 g/mol. The minimum Gasteiger partial charge on any atom is -0.497 e. The molecule has 1 unspecified atom stereocenters. The summed E-state index contributed by atoms with van der Waals surface area (Å²) >= 11 is 0. The van der Waals surface area contributed by atoms with E-state index in [-0.39, 0.29) is 25.3 Å². The van der Waals surface area contributed by atoms with E-state index in [1.165, 1.54) is 11.0 Å². The van der Waals surface area contributed by atoms with Crippen molar-refractivity contribution < 1.29 is 33.8 Å². The first-order valence-electron chi connectivity index (χ1n) is 18.5. The van der Waals surface area contributed by atoms with Crippen LogP contribution in [-0.4, -0.2) is 82.1 Å². The molecule has 6 rings (SSSR count). The van der Waals surface area contributed by atoms with Crippen LogP contribution in [0.3, 0.4) is 0 Å². The van der Waals surface area contributed by atoms with Crippen molar-refractivity contribution in [3.8, 4) is 22.8 Å². The Hall–Kier alpha value is -4.97. The second-order valence-corrected chi connectivity index (χ2v) is 15.8. The van der Waals surface area contributed by atoms with E-state index in [9.17, 15) is 24.3 Å². The second kappa shape index (κ2) is 15.2. The Bertz CT molecular complexity index is 1870. The van der Waals surface area contributed by atoms with Gasteiger partial charge in [0.1, 0.15) is 35.2 Å². The highest BCUT2D eigenvalue weighted by Crippen LogP contribution is 2.45. The van der Waals surface area contributed by atoms with E-state index in [1.807, 2.05) is 75.4 Å². The number of methoxy groups -OCH3 is 1. The summed E-state index contributed by atoms with van der Waals surface area (Å²) in [6, 6.07) is 14.1. The zero-order chi connectivity index (χ0) is 38.1. The number of nitrogens with two attached hydrogens (primary N) is 1. The quantitative estimate of drug-likeness (QED) is 0.191. The van der Waals surface area contributed by atoms with E-state index in [0.717, 1.165) is 37.7 Å². The number of hydrogen-bond acceptors (Lipinski definition) is 8. The molecule has 2 aliphatic carbocycles. The number of benzene rings is 2. The normalized spacial score (nSPS) is 24.2. The van der Waals surface area contributed by atoms with Crippen molar-refractivity contribution in [2.75, 3.05) is 13.7 Å². The molecule has 0 spiro atoms. The molecule has 12 nitrogen and oxygen atoms in total. The Labute approximate surface area is 310 Å². The van der Waals surface area contributed by atoms with Crippen LogP contribution in [0.4, 0.5) is 0 Å². The highest BCUT2D eigenvalue weighted by atomic mass is 16.5. The van der Waals surface area contributed by atoms with Crippen LogP contribution >= 0.6 is 0 Å². The molecule has 3 aliphatic rings. The lowest BCUT2D eigenvalue weighted by molar-refractivity contribution is -0.147. The number of rotatable bonds is 12. The van der Waals surface area contributed by atoms with E-state index in [0.29, 0.717) is 28.1 Å². The van der Waals surface area contributed by atoms with Gasteiger partial charge in [-0.1, -0.05) is 76.4 Å². The van der Waals surface area contributed by atoms with Crippen molar-refractivity contribution >= 4 is 34.6 Å². The molecule has 1 aromatic heterocycles. The first-order chi connectivity index (χ1) is 25.2. The average Bonchev–Trinajstić information content (AvgIpc) is 3.72. The van der Waals surface area contributed by atoms with Crippen molar-refractivity contribution in [3.63, 3.8) is 0 Å². The van der Waals surface area contributed by atoms with Gasteiger partial charge in [-0.05, 0) is 42.7 Å². The van der Waals surface area contributed by atoms with Crippen molar-refractivity contribution in [2.24, 2.45) is 23.0 Å². The molecule has 12 heteroatoms. The number of carboxylic acid groups (broad SMARTS) is 1. The Balaban J connectivity index is 1.33. The average molecular weight is 726 g/mol. The van der Waals surface area contributed by atoms with Gasteiger partial charge in [0.25, 0.3) is 0 Å². The molecule has 0 radical (unpaired) electrons. The standard InChI is InChI=1S/C41H51N5O7/c1-6-26-22-41(26,39(50)51)45-36(47)32-20-28(23-46(32)38(49)35(40(2,3)4)44-37(48)34(42)25-15-11-8-12-16-25)53-33-21-30(24-13-9-7-10-14-24)43-31-19-27(52-5)17-18-29(31)33/h6-7,9-10,13-14,17-19,21,25-26,28,32,34-35H,1,8,11-12,15-16,20,22-23,42H2,2-5H3,(H,44,48)(H,45,47)(H,50,51)/t26?,28-,32+,34+,35-,41-/m1/s1. The van der Waals surface area contributed by atoms with Crippen molar-refractivity contribution in [3.05, 3.63) is 67.3 Å². The highest BCUT2D eigenvalue weighted by Gasteiger charge is 2.61. The molecule has 2 heterocycles. The van der Waals surface area contributed by atoms with Gasteiger partial charge in [-0.3, -0.25) is 14.4 Å². The lowest BCUT2D eigenvalue weighted by Crippen LogP contribution is -2.61. The molecule has 3 fully saturated rings. The molecule has 6 atom stereocenters. The van der Waals surface area contributed by atoms with Gasteiger partial charge < -0.3 is 35.8 Å². The Morgan fingerprint density at radius 2 is 1.79 bits per heavy atom. The van der Waals surface area contributed by atoms with Crippen LogP contribution < -0.4 is 25.8 Å². The Kier molecular flexibility index (Phi) is 10.8. The summed E-state index contributed by atoms with van der Waals surface area (Å²) in [6.07, 6.45) is 5.99. The maximum Gasteiger partial charge on any atom is 0.330 e. The predicted molar refractivity (Wildman–Crippen MR) is 201 cm³/mol. The number of nitrogens with zero attached hydrogens (tertiary/aromatic N) is 2. The molecule has 0 bridgehead atoms. The van der Waals surface area contributed by atoms with Gasteiger partial charge in [-0.2, -0.15) is 0 Å². The number of fused-ring (bicyclic) bond motifs is 1. The third-order valence-electron chi connectivity index (χ3n) is 11.1. The Morgan fingerprint density at radius 3 is 2.42 bits per heavy atom. The maximum atomic E-state index is 14.7. The fourth-order valence-electron chi connectivity index (χ4n) is 7.79. The molecule has 2 aromatic carbocycles. The number of carbonyl (C=O) groups is 4. The molecule has 2 saturated carbocycles. The number of carbonyl (C=O) groups excluding carboxylic acids is 3. The van der Waals surface area contributed by atoms with Gasteiger partial charge in [-0.15, -0.1) is 6.58 Å². The number of nitrogens with one attached hydrogen (secondary N) is 2. The van der Waals surface area contributed by atoms with Crippen LogP contribution in [0.15, 0.2) is 67.3 Å². The van der Waals surface area contributed by atoms with Crippen molar-refractivity contribution in [1.29, 1.82) is 0 Å². The van der Waals surface area contributed by atoms with Crippen LogP contribution in [-0.2, 0) is 19.2 Å². The summed E-state index contributed by atoms with van der Waals surface area (Å²) < 4.78 is 12.2. The second-order valence-electron chi connectivity index (χ2n) is 15.8. The van der Waals surface area contributed by atoms with Crippen LogP contribution in [0, 0.1) is 17.3 Å². The van der Waals surface area contributed by atoms with Gasteiger partial charge in [0.15, 0.2) is 0 Å². The molecule has 53 heavy (non-hydrogen) atoms. The molecular formula is C41H51N5O7. The number of aliphatic carboxylic acids is 1. The minimum atomic E-state index is -1.50. The van der Waals surface area contributed by atoms with E-state index in [4.69, 9.17) is 20.2 Å². The highest BCUT2D eigenvalue weighted by molar-refractivity contribution is 5.97. The van der Waals surface area contributed by atoms with Gasteiger partial charge in [0.2, 0.25) is 17.7 Å². The van der Waals surface area contributed by atoms with Gasteiger partial charge >= 0.3 is 5.97 Å². The minimum absolute atomic E-state index is 0.0135. The summed E-state index contributed by atoms with van der Waals surface area (Å²) in [5.41, 5.74) is 6.40. The van der Waals surface area contributed by atoms with Crippen LogP contribution in [0.5, 0.6) is 11.5 Å². The van der Waals surface area contributed by atoms with E-state index in [1.54, 1.807) is 7.11 Å². The fraction of sp³-hybridized carbons (Fsp3) is 0.488. The number of aromatic nitrogens is 1. The van der Waals surface area contributed by atoms with Crippen molar-refractivity contribution in [2.45, 2.75) is 95.5 Å². The predicted octanol–water partition coefficient (Wildman–Crippen LogP) is 4.84. The number of amides is 3. The van der Waals surface area contributed by atoms with Crippen LogP contribution in [0.1, 0.15) is 65.7 Å². The SMILES string of the molecule is C=CC1C[C@]1(NC(=O)[C@@H]1C[C@@H](Oc2cc(-c3ccccc3)nc3cc(OC)ccc23)CN1C(=O)[C@@H](NC(=O)[C@@H](N)C1CCCCC1)C(C)(C)C)C(=O)O. The van der Waals surface area contributed by atoms with E-state index >= 15 is 0 Å². The smallest absolute Gasteiger partial charge is 0.330 e. The van der Waals surface area contributed by atoms with E-state index < -0.39 is 64.8 Å². The van der Waals surface area contributed by atoms with Crippen LogP contribution in [0.25, 0.3) is 22.2 Å². The number of hydrogen-bond donors (Lipinski definition) is 4. The summed E-state index contributed by atoms with van der Waals surface area (Å²) in [6.45, 7) is 9.30. The van der Waals surface area contributed by atoms with Gasteiger partial charge in [0.05, 0.1) is 30.9 Å². The lowest BCUT2D eigenvalue weighted by atomic mass is 9.82. The van der Waals surface area contributed by atoms with Gasteiger partial charge in [-0.25, -0.2) is 9.78 Å². The Morgan fingerprint density at radius 1 is 1.08 bits per heavy atom. The molecule has 3 aromatic rings. The number of likely N-dealkylation sites (tertiary alicyclic amines) is 1. The van der Waals surface area contributed by atoms with Crippen LogP contribution in [0.2, 0.25) is 0 Å². The first-order valence-corrected chi connectivity index (χ1v) is 18.5. The summed E-state index contributed by atoms with van der Waals surface area (Å²) in [5.74, 6) is -1.93. The zero-order valence-electron chi connectivity index (χ0n) is 31.0. The van der Waals surface area contributed by atoms with Gasteiger partial charge in [0, 0.05) is 35.4 Å². The summed E-state index contributed by atoms with van der Waals surface area (Å²) in [5, 5.41) is 16.5. The molecule has 1 saturated heterocycles. The topological polar surface area (TPSA) is 173 Å². The van der Waals surface area contributed by atoms with Crippen molar-refractivity contribution in [1.82, 2.24) is 20.5 Å². The van der Waals surface area contributed by atoms with E-state index in [2.05, 4.69) is 17.2 Å². The summed E-state index contributed by atoms with van der Waals surface area (Å²) in [7, 11) is 1.58. The zero-order valence-corrected chi connectivity index (χ0v) is 31.0. The number of pyridine rings is 1. The molecule has 282 valence electrons. The molecule has 1 aliphatic heterocycles. The fourth-order valence-corrected chi connectivity index (χ4v) is 7.79. The largest absolute Gasteiger partial charge is 0.497 e. The third kappa shape index (κ3) is 7.88. The lowest BCUT2D eigenvalue weighted by Gasteiger charge is -2.37. The number of ether oxygens (including phenoxy) is 2.